The maximum Gasteiger partial charge on any atom is 0.411 e. The van der Waals surface area contributed by atoms with E-state index >= 15 is 0 Å². The molecule has 0 radical (unpaired) electrons. The second-order valence-electron chi connectivity index (χ2n) is 4.76. The van der Waals surface area contributed by atoms with E-state index in [1.165, 1.54) is 0 Å². The Morgan fingerprint density at radius 2 is 2.05 bits per heavy atom. The number of fused-ring (bicyclic) bond motifs is 1. The van der Waals surface area contributed by atoms with E-state index in [1.807, 2.05) is 43.3 Å². The molecule has 0 atom stereocenters. The number of carbonyl (C=O) groups excluding carboxylic acids is 1. The van der Waals surface area contributed by atoms with Crippen LogP contribution in [0.15, 0.2) is 42.5 Å². The predicted octanol–water partition coefficient (Wildman–Crippen LogP) is 3.47. The van der Waals surface area contributed by atoms with Crippen molar-refractivity contribution in [3.63, 3.8) is 0 Å². The van der Waals surface area contributed by atoms with Gasteiger partial charge in [0.1, 0.15) is 6.61 Å². The standard InChI is InChI=1S/C16H15NO4/c1-11-3-2-4-13(7-11)17-16(18)19-9-12-5-6-14-15(8-12)21-10-20-14/h2-8H,9-10H2,1H3,(H,17,18). The average Bonchev–Trinajstić information content (AvgIpc) is 2.92. The first-order valence-electron chi connectivity index (χ1n) is 6.60. The number of amides is 1. The molecule has 0 aliphatic carbocycles. The van der Waals surface area contributed by atoms with Crippen LogP contribution in [0.2, 0.25) is 0 Å². The molecule has 0 saturated carbocycles. The van der Waals surface area contributed by atoms with E-state index in [1.54, 1.807) is 6.07 Å². The van der Waals surface area contributed by atoms with Gasteiger partial charge in [-0.15, -0.1) is 0 Å². The smallest absolute Gasteiger partial charge is 0.411 e. The van der Waals surface area contributed by atoms with Gasteiger partial charge in [0.2, 0.25) is 6.79 Å². The van der Waals surface area contributed by atoms with Crippen molar-refractivity contribution < 1.29 is 19.0 Å². The fourth-order valence-electron chi connectivity index (χ4n) is 2.06. The molecule has 0 fully saturated rings. The van der Waals surface area contributed by atoms with Crippen LogP contribution in [0.25, 0.3) is 0 Å². The van der Waals surface area contributed by atoms with Crippen molar-refractivity contribution in [2.45, 2.75) is 13.5 Å². The summed E-state index contributed by atoms with van der Waals surface area (Å²) < 4.78 is 15.7. The molecule has 1 N–H and O–H groups in total. The molecule has 1 heterocycles. The second kappa shape index (κ2) is 5.75. The van der Waals surface area contributed by atoms with Crippen LogP contribution >= 0.6 is 0 Å². The van der Waals surface area contributed by atoms with E-state index in [9.17, 15) is 4.79 Å². The monoisotopic (exact) mass is 285 g/mol. The molecule has 5 nitrogen and oxygen atoms in total. The minimum atomic E-state index is -0.488. The molecular weight excluding hydrogens is 270 g/mol. The number of hydrogen-bond acceptors (Lipinski definition) is 4. The molecule has 2 aromatic rings. The Hall–Kier alpha value is -2.69. The van der Waals surface area contributed by atoms with Gasteiger partial charge in [-0.25, -0.2) is 4.79 Å². The van der Waals surface area contributed by atoms with Crippen molar-refractivity contribution in [3.05, 3.63) is 53.6 Å². The number of nitrogens with one attached hydrogen (secondary N) is 1. The first kappa shape index (κ1) is 13.3. The highest BCUT2D eigenvalue weighted by Crippen LogP contribution is 2.32. The van der Waals surface area contributed by atoms with Crippen molar-refractivity contribution in [1.29, 1.82) is 0 Å². The summed E-state index contributed by atoms with van der Waals surface area (Å²) in [6.45, 7) is 2.37. The molecule has 0 bridgehead atoms. The van der Waals surface area contributed by atoms with Crippen molar-refractivity contribution in [1.82, 2.24) is 0 Å². The molecule has 0 saturated heterocycles. The summed E-state index contributed by atoms with van der Waals surface area (Å²) in [6, 6.07) is 13.0. The average molecular weight is 285 g/mol. The lowest BCUT2D eigenvalue weighted by molar-refractivity contribution is 0.154. The summed E-state index contributed by atoms with van der Waals surface area (Å²) in [5, 5.41) is 2.69. The van der Waals surface area contributed by atoms with Gasteiger partial charge >= 0.3 is 6.09 Å². The van der Waals surface area contributed by atoms with E-state index in [0.29, 0.717) is 17.2 Å². The van der Waals surface area contributed by atoms with Crippen LogP contribution < -0.4 is 14.8 Å². The molecule has 2 aromatic carbocycles. The van der Waals surface area contributed by atoms with Gasteiger partial charge in [0.15, 0.2) is 11.5 Å². The Morgan fingerprint density at radius 1 is 1.19 bits per heavy atom. The van der Waals surface area contributed by atoms with Crippen LogP contribution in [0.3, 0.4) is 0 Å². The molecule has 0 unspecified atom stereocenters. The third-order valence-electron chi connectivity index (χ3n) is 3.07. The molecular formula is C16H15NO4. The van der Waals surface area contributed by atoms with Gasteiger partial charge in [-0.3, -0.25) is 5.32 Å². The zero-order valence-corrected chi connectivity index (χ0v) is 11.6. The Balaban J connectivity index is 1.56. The molecule has 5 heteroatoms. The van der Waals surface area contributed by atoms with Gasteiger partial charge in [0.05, 0.1) is 0 Å². The lowest BCUT2D eigenvalue weighted by atomic mass is 10.2. The van der Waals surface area contributed by atoms with E-state index in [2.05, 4.69) is 5.32 Å². The molecule has 1 aliphatic heterocycles. The highest BCUT2D eigenvalue weighted by Gasteiger charge is 2.13. The van der Waals surface area contributed by atoms with E-state index in [4.69, 9.17) is 14.2 Å². The van der Waals surface area contributed by atoms with Crippen LogP contribution in [-0.4, -0.2) is 12.9 Å². The lowest BCUT2D eigenvalue weighted by Crippen LogP contribution is -2.13. The highest BCUT2D eigenvalue weighted by atomic mass is 16.7. The van der Waals surface area contributed by atoms with Crippen LogP contribution in [0, 0.1) is 6.92 Å². The summed E-state index contributed by atoms with van der Waals surface area (Å²) in [6.07, 6.45) is -0.488. The Bertz CT molecular complexity index is 669. The van der Waals surface area contributed by atoms with E-state index in [-0.39, 0.29) is 13.4 Å². The van der Waals surface area contributed by atoms with Gasteiger partial charge in [-0.1, -0.05) is 18.2 Å². The number of anilines is 1. The molecule has 3 rings (SSSR count). The van der Waals surface area contributed by atoms with Crippen LogP contribution in [0.5, 0.6) is 11.5 Å². The summed E-state index contributed by atoms with van der Waals surface area (Å²) in [5.74, 6) is 1.39. The van der Waals surface area contributed by atoms with Crippen molar-refractivity contribution in [2.24, 2.45) is 0 Å². The molecule has 108 valence electrons. The molecule has 1 aliphatic rings. The zero-order chi connectivity index (χ0) is 14.7. The fraction of sp³-hybridized carbons (Fsp3) is 0.188. The Labute approximate surface area is 122 Å². The lowest BCUT2D eigenvalue weighted by Gasteiger charge is -2.08. The summed E-state index contributed by atoms with van der Waals surface area (Å²) in [4.78, 5) is 11.7. The largest absolute Gasteiger partial charge is 0.454 e. The summed E-state index contributed by atoms with van der Waals surface area (Å²) in [5.41, 5.74) is 2.63. The number of hydrogen-bond donors (Lipinski definition) is 1. The summed E-state index contributed by atoms with van der Waals surface area (Å²) >= 11 is 0. The topological polar surface area (TPSA) is 56.8 Å². The minimum absolute atomic E-state index is 0.175. The second-order valence-corrected chi connectivity index (χ2v) is 4.76. The van der Waals surface area contributed by atoms with E-state index in [0.717, 1.165) is 11.1 Å². The van der Waals surface area contributed by atoms with Crippen LogP contribution in [0.4, 0.5) is 10.5 Å². The number of benzene rings is 2. The van der Waals surface area contributed by atoms with E-state index < -0.39 is 6.09 Å². The molecule has 0 spiro atoms. The van der Waals surface area contributed by atoms with Gasteiger partial charge in [-0.05, 0) is 42.3 Å². The van der Waals surface area contributed by atoms with Crippen molar-refractivity contribution >= 4 is 11.8 Å². The number of ether oxygens (including phenoxy) is 3. The maximum absolute atomic E-state index is 11.7. The van der Waals surface area contributed by atoms with Gasteiger partial charge in [0, 0.05) is 5.69 Å². The van der Waals surface area contributed by atoms with Crippen molar-refractivity contribution in [2.75, 3.05) is 12.1 Å². The van der Waals surface area contributed by atoms with Gasteiger partial charge in [0.25, 0.3) is 0 Å². The SMILES string of the molecule is Cc1cccc(NC(=O)OCc2ccc3c(c2)OCO3)c1. The Kier molecular flexibility index (Phi) is 3.64. The quantitative estimate of drug-likeness (QED) is 0.938. The molecule has 21 heavy (non-hydrogen) atoms. The minimum Gasteiger partial charge on any atom is -0.454 e. The number of rotatable bonds is 3. The summed E-state index contributed by atoms with van der Waals surface area (Å²) in [7, 11) is 0. The first-order chi connectivity index (χ1) is 10.2. The fourth-order valence-corrected chi connectivity index (χ4v) is 2.06. The predicted molar refractivity (Wildman–Crippen MR) is 77.6 cm³/mol. The zero-order valence-electron chi connectivity index (χ0n) is 11.6. The normalized spacial score (nSPS) is 12.0. The number of aryl methyl sites for hydroxylation is 1. The Morgan fingerprint density at radius 3 is 2.90 bits per heavy atom. The molecule has 0 aromatic heterocycles. The van der Waals surface area contributed by atoms with Crippen LogP contribution in [-0.2, 0) is 11.3 Å². The maximum atomic E-state index is 11.7. The van der Waals surface area contributed by atoms with Crippen molar-refractivity contribution in [3.8, 4) is 11.5 Å². The first-order valence-corrected chi connectivity index (χ1v) is 6.60. The van der Waals surface area contributed by atoms with Gasteiger partial charge in [-0.2, -0.15) is 0 Å². The highest BCUT2D eigenvalue weighted by molar-refractivity contribution is 5.84. The third kappa shape index (κ3) is 3.25. The van der Waals surface area contributed by atoms with Gasteiger partial charge < -0.3 is 14.2 Å². The molecule has 1 amide bonds. The third-order valence-corrected chi connectivity index (χ3v) is 3.07. The number of carbonyl (C=O) groups is 1. The van der Waals surface area contributed by atoms with Crippen LogP contribution in [0.1, 0.15) is 11.1 Å².